The highest BCUT2D eigenvalue weighted by Gasteiger charge is 2.19. The van der Waals surface area contributed by atoms with Crippen molar-refractivity contribution in [2.24, 2.45) is 0 Å². The number of morpholine rings is 1. The van der Waals surface area contributed by atoms with E-state index in [1.54, 1.807) is 18.6 Å². The molecular formula is C23H28BN7O2. The van der Waals surface area contributed by atoms with Gasteiger partial charge in [-0.25, -0.2) is 9.97 Å². The van der Waals surface area contributed by atoms with Crippen LogP contribution in [0.15, 0.2) is 48.9 Å². The van der Waals surface area contributed by atoms with Gasteiger partial charge in [0.2, 0.25) is 0 Å². The Kier molecular flexibility index (Phi) is 7.49. The maximum Gasteiger partial charge on any atom is 0.278 e. The van der Waals surface area contributed by atoms with Gasteiger partial charge in [-0.2, -0.15) is 0 Å². The lowest BCUT2D eigenvalue weighted by molar-refractivity contribution is 0.102. The van der Waals surface area contributed by atoms with E-state index in [4.69, 9.17) is 10.5 Å². The van der Waals surface area contributed by atoms with E-state index in [1.165, 1.54) is 5.56 Å². The molecule has 0 radical (unpaired) electrons. The summed E-state index contributed by atoms with van der Waals surface area (Å²) in [7, 11) is 1.95. The molecular weight excluding hydrogens is 417 g/mol. The van der Waals surface area contributed by atoms with Crippen molar-refractivity contribution in [2.45, 2.75) is 12.8 Å². The first-order valence-corrected chi connectivity index (χ1v) is 11.1. The smallest absolute Gasteiger partial charge is 0.278 e. The largest absolute Gasteiger partial charge is 0.382 e. The van der Waals surface area contributed by atoms with Crippen molar-refractivity contribution in [3.8, 4) is 11.3 Å². The number of carbonyl (C=O) groups is 1. The Hall–Kier alpha value is -3.50. The fourth-order valence-electron chi connectivity index (χ4n) is 3.80. The summed E-state index contributed by atoms with van der Waals surface area (Å²) >= 11 is 0. The molecule has 3 heterocycles. The molecule has 0 saturated carbocycles. The van der Waals surface area contributed by atoms with Crippen molar-refractivity contribution in [2.75, 3.05) is 48.8 Å². The molecule has 4 rings (SSSR count). The van der Waals surface area contributed by atoms with Crippen LogP contribution in [0.3, 0.4) is 0 Å². The summed E-state index contributed by atoms with van der Waals surface area (Å²) in [4.78, 5) is 28.2. The van der Waals surface area contributed by atoms with E-state index in [2.05, 4.69) is 42.5 Å². The number of aryl methyl sites for hydroxylation is 1. The highest BCUT2D eigenvalue weighted by Crippen LogP contribution is 2.27. The minimum Gasteiger partial charge on any atom is -0.382 e. The normalized spacial score (nSPS) is 13.6. The van der Waals surface area contributed by atoms with Crippen LogP contribution < -0.4 is 21.2 Å². The van der Waals surface area contributed by atoms with Crippen LogP contribution in [0, 0.1) is 0 Å². The third-order valence-electron chi connectivity index (χ3n) is 5.53. The number of hydrogen-bond acceptors (Lipinski definition) is 8. The molecule has 1 aliphatic heterocycles. The van der Waals surface area contributed by atoms with Gasteiger partial charge in [-0.3, -0.25) is 9.78 Å². The Balaban J connectivity index is 1.55. The third-order valence-corrected chi connectivity index (χ3v) is 5.53. The molecule has 10 heteroatoms. The Morgan fingerprint density at radius 3 is 2.88 bits per heavy atom. The number of nitrogen functional groups attached to an aromatic ring is 1. The monoisotopic (exact) mass is 445 g/mol. The van der Waals surface area contributed by atoms with Gasteiger partial charge in [0.15, 0.2) is 19.5 Å². The van der Waals surface area contributed by atoms with E-state index >= 15 is 0 Å². The van der Waals surface area contributed by atoms with Crippen LogP contribution in [-0.2, 0) is 11.2 Å². The zero-order valence-corrected chi connectivity index (χ0v) is 18.8. The van der Waals surface area contributed by atoms with Gasteiger partial charge in [0.25, 0.3) is 5.91 Å². The summed E-state index contributed by atoms with van der Waals surface area (Å²) in [5.41, 5.74) is 10.3. The van der Waals surface area contributed by atoms with Crippen molar-refractivity contribution in [1.29, 1.82) is 0 Å². The van der Waals surface area contributed by atoms with E-state index in [0.29, 0.717) is 24.6 Å². The second kappa shape index (κ2) is 10.9. The summed E-state index contributed by atoms with van der Waals surface area (Å²) in [6.07, 6.45) is 6.93. The fourth-order valence-corrected chi connectivity index (χ4v) is 3.80. The Bertz CT molecular complexity index is 1110. The molecule has 1 aromatic carbocycles. The molecule has 4 N–H and O–H groups in total. The first-order valence-electron chi connectivity index (χ1n) is 11.1. The Labute approximate surface area is 194 Å². The first kappa shape index (κ1) is 22.7. The van der Waals surface area contributed by atoms with E-state index < -0.39 is 5.91 Å². The number of carbonyl (C=O) groups excluding carboxylic acids is 1. The zero-order chi connectivity index (χ0) is 23.0. The molecule has 1 amide bonds. The van der Waals surface area contributed by atoms with Gasteiger partial charge in [0.05, 0.1) is 42.7 Å². The summed E-state index contributed by atoms with van der Waals surface area (Å²) < 4.78 is 5.44. The number of nitrogens with zero attached hydrogens (tertiary/aromatic N) is 4. The SMILES string of the molecule is BNCCCc1cccc(-c2cnc(N)c(C(=O)Nc3cnccc3N3CCOCC3)n2)c1. The van der Waals surface area contributed by atoms with Crippen LogP contribution in [0.5, 0.6) is 0 Å². The number of rotatable bonds is 8. The Morgan fingerprint density at radius 2 is 2.06 bits per heavy atom. The maximum absolute atomic E-state index is 13.1. The van der Waals surface area contributed by atoms with Crippen LogP contribution in [0.2, 0.25) is 0 Å². The molecule has 1 aliphatic rings. The van der Waals surface area contributed by atoms with Gasteiger partial charge < -0.3 is 25.9 Å². The van der Waals surface area contributed by atoms with Crippen molar-refractivity contribution in [1.82, 2.24) is 20.2 Å². The second-order valence-electron chi connectivity index (χ2n) is 7.84. The first-order chi connectivity index (χ1) is 16.2. The lowest BCUT2D eigenvalue weighted by atomic mass is 10.0. The molecule has 1 fully saturated rings. The second-order valence-corrected chi connectivity index (χ2v) is 7.84. The number of ether oxygens (including phenoxy) is 1. The van der Waals surface area contributed by atoms with Crippen LogP contribution >= 0.6 is 0 Å². The topological polar surface area (TPSA) is 118 Å². The van der Waals surface area contributed by atoms with E-state index in [1.807, 2.05) is 26.2 Å². The average Bonchev–Trinajstić information content (AvgIpc) is 2.85. The summed E-state index contributed by atoms with van der Waals surface area (Å²) in [5.74, 6) is -0.340. The number of hydrogen-bond donors (Lipinski definition) is 3. The summed E-state index contributed by atoms with van der Waals surface area (Å²) in [6, 6.07) is 10.0. The zero-order valence-electron chi connectivity index (χ0n) is 18.8. The molecule has 0 spiro atoms. The van der Waals surface area contributed by atoms with Crippen LogP contribution in [0.1, 0.15) is 22.5 Å². The van der Waals surface area contributed by atoms with Crippen molar-refractivity contribution < 1.29 is 9.53 Å². The molecule has 33 heavy (non-hydrogen) atoms. The van der Waals surface area contributed by atoms with Gasteiger partial charge in [0, 0.05) is 24.8 Å². The molecule has 0 atom stereocenters. The van der Waals surface area contributed by atoms with Crippen LogP contribution in [0.4, 0.5) is 17.2 Å². The lowest BCUT2D eigenvalue weighted by Gasteiger charge is -2.30. The quantitative estimate of drug-likeness (QED) is 0.351. The third kappa shape index (κ3) is 5.66. The van der Waals surface area contributed by atoms with Gasteiger partial charge in [-0.05, 0) is 37.1 Å². The minimum atomic E-state index is -0.422. The standard InChI is InChI=1S/C23H28BN7O2/c24-28-7-2-4-16-3-1-5-17(13-16)18-15-27-22(25)21(29-18)23(32)30-19-14-26-8-6-20(19)31-9-11-33-12-10-31/h1,3,5-6,8,13-15,28H,2,4,7,9-12,24H2,(H2,25,27)(H,30,32). The van der Waals surface area contributed by atoms with E-state index in [9.17, 15) is 4.79 Å². The summed E-state index contributed by atoms with van der Waals surface area (Å²) in [5, 5.41) is 6.08. The number of benzene rings is 1. The highest BCUT2D eigenvalue weighted by molar-refractivity contribution is 6.07. The molecule has 170 valence electrons. The molecule has 3 aromatic rings. The summed E-state index contributed by atoms with van der Waals surface area (Å²) in [6.45, 7) is 3.73. The van der Waals surface area contributed by atoms with Crippen molar-refractivity contribution in [3.63, 3.8) is 0 Å². The molecule has 0 unspecified atom stereocenters. The van der Waals surface area contributed by atoms with Gasteiger partial charge in [-0.15, -0.1) is 0 Å². The lowest BCUT2D eigenvalue weighted by Crippen LogP contribution is -2.36. The predicted molar refractivity (Wildman–Crippen MR) is 132 cm³/mol. The number of amides is 1. The number of nitrogens with two attached hydrogens (primary N) is 1. The van der Waals surface area contributed by atoms with Gasteiger partial charge in [0.1, 0.15) is 0 Å². The van der Waals surface area contributed by atoms with Crippen LogP contribution in [0.25, 0.3) is 11.3 Å². The number of aromatic nitrogens is 3. The molecule has 9 nitrogen and oxygen atoms in total. The Morgan fingerprint density at radius 1 is 1.21 bits per heavy atom. The maximum atomic E-state index is 13.1. The predicted octanol–water partition coefficient (Wildman–Crippen LogP) is 1.28. The van der Waals surface area contributed by atoms with E-state index in [0.717, 1.165) is 43.7 Å². The minimum absolute atomic E-state index is 0.0817. The van der Waals surface area contributed by atoms with Crippen LogP contribution in [-0.4, -0.2) is 61.7 Å². The molecule has 0 bridgehead atoms. The number of anilines is 3. The van der Waals surface area contributed by atoms with E-state index in [-0.39, 0.29) is 11.5 Å². The molecule has 2 aromatic heterocycles. The fraction of sp³-hybridized carbons (Fsp3) is 0.304. The number of pyridine rings is 1. The molecule has 1 saturated heterocycles. The highest BCUT2D eigenvalue weighted by atomic mass is 16.5. The van der Waals surface area contributed by atoms with Crippen molar-refractivity contribution >= 4 is 31.1 Å². The molecule has 0 aliphatic carbocycles. The van der Waals surface area contributed by atoms with Gasteiger partial charge in [-0.1, -0.05) is 18.2 Å². The average molecular weight is 445 g/mol. The number of nitrogens with one attached hydrogen (secondary N) is 2. The van der Waals surface area contributed by atoms with Gasteiger partial charge >= 0.3 is 0 Å². The van der Waals surface area contributed by atoms with Crippen molar-refractivity contribution in [3.05, 3.63) is 60.2 Å².